The Kier molecular flexibility index (Phi) is 10.8. The van der Waals surface area contributed by atoms with E-state index in [1.54, 1.807) is 18.4 Å². The average molecular weight is 556 g/mol. The number of nitrogens with one attached hydrogen (secondary N) is 2. The first-order valence-electron chi connectivity index (χ1n) is 10.6. The Morgan fingerprint density at radius 1 is 1.29 bits per heavy atom. The fourth-order valence-electron chi connectivity index (χ4n) is 3.86. The number of thiophene rings is 1. The first kappa shape index (κ1) is 25.6. The molecule has 170 valence electrons. The molecule has 0 bridgehead atoms. The number of rotatable bonds is 8. The van der Waals surface area contributed by atoms with Gasteiger partial charge in [0.05, 0.1) is 5.92 Å². The van der Waals surface area contributed by atoms with Gasteiger partial charge in [0.1, 0.15) is 0 Å². The van der Waals surface area contributed by atoms with Crippen LogP contribution >= 0.6 is 35.3 Å². The Morgan fingerprint density at radius 3 is 2.81 bits per heavy atom. The fourth-order valence-corrected chi connectivity index (χ4v) is 4.64. The third-order valence-corrected chi connectivity index (χ3v) is 6.70. The number of likely N-dealkylation sites (tertiary alicyclic amines) is 1. The van der Waals surface area contributed by atoms with Crippen LogP contribution in [0.2, 0.25) is 0 Å². The first-order chi connectivity index (χ1) is 14.5. The molecule has 1 fully saturated rings. The molecule has 31 heavy (non-hydrogen) atoms. The van der Waals surface area contributed by atoms with Crippen molar-refractivity contribution in [2.45, 2.75) is 38.8 Å². The molecular weight excluding hydrogens is 521 g/mol. The number of nitrogens with two attached hydrogens (primary N) is 1. The Bertz CT molecular complexity index is 842. The van der Waals surface area contributed by atoms with Crippen LogP contribution in [0.25, 0.3) is 0 Å². The zero-order chi connectivity index (χ0) is 21.3. The number of amides is 1. The number of guanidine groups is 1. The molecule has 2 heterocycles. The molecule has 1 aromatic carbocycles. The summed E-state index contributed by atoms with van der Waals surface area (Å²) in [7, 11) is 1.80. The zero-order valence-corrected chi connectivity index (χ0v) is 21.5. The second kappa shape index (κ2) is 13.0. The van der Waals surface area contributed by atoms with E-state index in [-0.39, 0.29) is 35.8 Å². The Labute approximate surface area is 206 Å². The summed E-state index contributed by atoms with van der Waals surface area (Å²) < 4.78 is 0. The molecule has 0 aliphatic carbocycles. The molecule has 3 rings (SSSR count). The number of halogens is 1. The molecule has 2 unspecified atom stereocenters. The van der Waals surface area contributed by atoms with Gasteiger partial charge in [0.25, 0.3) is 0 Å². The van der Waals surface area contributed by atoms with E-state index in [1.165, 1.54) is 16.0 Å². The highest BCUT2D eigenvalue weighted by Crippen LogP contribution is 2.20. The van der Waals surface area contributed by atoms with Gasteiger partial charge >= 0.3 is 0 Å². The summed E-state index contributed by atoms with van der Waals surface area (Å²) in [6.45, 7) is 6.41. The monoisotopic (exact) mass is 555 g/mol. The van der Waals surface area contributed by atoms with Crippen molar-refractivity contribution in [2.24, 2.45) is 16.6 Å². The molecule has 1 aliphatic heterocycles. The molecule has 0 saturated carbocycles. The highest BCUT2D eigenvalue weighted by molar-refractivity contribution is 14.0. The fraction of sp³-hybridized carbons (Fsp3) is 0.478. The van der Waals surface area contributed by atoms with Crippen LogP contribution in [0.3, 0.4) is 0 Å². The summed E-state index contributed by atoms with van der Waals surface area (Å²) in [5.41, 5.74) is 7.98. The van der Waals surface area contributed by atoms with Gasteiger partial charge in [-0.1, -0.05) is 37.3 Å². The minimum atomic E-state index is -0.176. The predicted octanol–water partition coefficient (Wildman–Crippen LogP) is 3.53. The third-order valence-electron chi connectivity index (χ3n) is 5.59. The summed E-state index contributed by atoms with van der Waals surface area (Å²) >= 11 is 1.79. The van der Waals surface area contributed by atoms with Crippen molar-refractivity contribution in [1.29, 1.82) is 0 Å². The lowest BCUT2D eigenvalue weighted by Crippen LogP contribution is -2.40. The van der Waals surface area contributed by atoms with Gasteiger partial charge in [0.2, 0.25) is 5.91 Å². The highest BCUT2D eigenvalue weighted by atomic mass is 127. The lowest BCUT2D eigenvalue weighted by Gasteiger charge is -2.31. The van der Waals surface area contributed by atoms with E-state index in [4.69, 9.17) is 5.73 Å². The van der Waals surface area contributed by atoms with Gasteiger partial charge in [-0.05, 0) is 42.0 Å². The van der Waals surface area contributed by atoms with E-state index >= 15 is 0 Å². The number of benzene rings is 1. The molecule has 1 aromatic heterocycles. The first-order valence-corrected chi connectivity index (χ1v) is 11.5. The number of piperidine rings is 1. The van der Waals surface area contributed by atoms with Gasteiger partial charge in [-0.3, -0.25) is 14.7 Å². The maximum Gasteiger partial charge on any atom is 0.221 e. The molecule has 6 nitrogen and oxygen atoms in total. The van der Waals surface area contributed by atoms with Crippen LogP contribution < -0.4 is 16.4 Å². The van der Waals surface area contributed by atoms with Gasteiger partial charge in [-0.25, -0.2) is 0 Å². The minimum Gasteiger partial charge on any atom is -0.369 e. The van der Waals surface area contributed by atoms with Crippen LogP contribution in [-0.2, 0) is 17.9 Å². The quantitative estimate of drug-likeness (QED) is 0.265. The molecular formula is C23H34IN5OS. The molecule has 0 spiro atoms. The van der Waals surface area contributed by atoms with E-state index in [1.807, 2.05) is 0 Å². The molecule has 8 heteroatoms. The van der Waals surface area contributed by atoms with Crippen molar-refractivity contribution in [3.8, 4) is 0 Å². The van der Waals surface area contributed by atoms with Crippen molar-refractivity contribution in [2.75, 3.05) is 26.7 Å². The summed E-state index contributed by atoms with van der Waals surface area (Å²) in [5.74, 6) is 1.06. The van der Waals surface area contributed by atoms with Gasteiger partial charge < -0.3 is 16.4 Å². The van der Waals surface area contributed by atoms with Gasteiger partial charge in [0.15, 0.2) is 5.96 Å². The van der Waals surface area contributed by atoms with Crippen molar-refractivity contribution < 1.29 is 4.79 Å². The predicted molar refractivity (Wildman–Crippen MR) is 140 cm³/mol. The number of carbonyl (C=O) groups is 1. The van der Waals surface area contributed by atoms with Crippen LogP contribution in [-0.4, -0.2) is 43.4 Å². The number of nitrogens with zero attached hydrogens (tertiary/aromatic N) is 2. The standard InChI is InChI=1S/C23H33N5OS.HI/c1-17(21-9-5-11-30-21)13-26-23(25-2)27-14-18-6-3-7-19(12-18)15-28-10-4-8-20(16-28)22(24)29;/h3,5-7,9,11-12,17,20H,4,8,10,13-16H2,1-2H3,(H2,24,29)(H2,25,26,27);1H. The highest BCUT2D eigenvalue weighted by Gasteiger charge is 2.23. The molecule has 2 aromatic rings. The number of carbonyl (C=O) groups excluding carboxylic acids is 1. The van der Waals surface area contributed by atoms with Crippen molar-refractivity contribution in [3.05, 3.63) is 57.8 Å². The third kappa shape index (κ3) is 8.08. The van der Waals surface area contributed by atoms with E-state index in [0.29, 0.717) is 12.5 Å². The maximum atomic E-state index is 11.5. The number of hydrogen-bond donors (Lipinski definition) is 3. The smallest absolute Gasteiger partial charge is 0.221 e. The molecule has 2 atom stereocenters. The molecule has 1 aliphatic rings. The molecule has 1 saturated heterocycles. The Hall–Kier alpha value is -1.65. The van der Waals surface area contributed by atoms with Gasteiger partial charge in [-0.2, -0.15) is 0 Å². The van der Waals surface area contributed by atoms with Crippen LogP contribution in [0.5, 0.6) is 0 Å². The minimum absolute atomic E-state index is 0. The number of hydrogen-bond acceptors (Lipinski definition) is 4. The van der Waals surface area contributed by atoms with Crippen molar-refractivity contribution in [1.82, 2.24) is 15.5 Å². The summed E-state index contributed by atoms with van der Waals surface area (Å²) in [5, 5.41) is 8.94. The van der Waals surface area contributed by atoms with Crippen LogP contribution in [0.1, 0.15) is 41.7 Å². The number of primary amides is 1. The van der Waals surface area contributed by atoms with E-state index in [9.17, 15) is 4.79 Å². The topological polar surface area (TPSA) is 82.8 Å². The normalized spacial score (nSPS) is 18.1. The van der Waals surface area contributed by atoms with E-state index < -0.39 is 0 Å². The molecule has 1 amide bonds. The second-order valence-corrected chi connectivity index (χ2v) is 9.00. The van der Waals surface area contributed by atoms with Crippen LogP contribution in [0.15, 0.2) is 46.8 Å². The molecule has 4 N–H and O–H groups in total. The van der Waals surface area contributed by atoms with E-state index in [2.05, 4.69) is 69.2 Å². The average Bonchev–Trinajstić information content (AvgIpc) is 3.29. The van der Waals surface area contributed by atoms with Gasteiger partial charge in [0, 0.05) is 44.0 Å². The van der Waals surface area contributed by atoms with Crippen molar-refractivity contribution in [3.63, 3.8) is 0 Å². The largest absolute Gasteiger partial charge is 0.369 e. The SMILES string of the molecule is CN=C(NCc1cccc(CN2CCCC(C(N)=O)C2)c1)NCC(C)c1cccs1.I. The summed E-state index contributed by atoms with van der Waals surface area (Å²) in [6.07, 6.45) is 1.94. The maximum absolute atomic E-state index is 11.5. The van der Waals surface area contributed by atoms with Crippen LogP contribution in [0.4, 0.5) is 0 Å². The Balaban J connectivity index is 0.00000341. The lowest BCUT2D eigenvalue weighted by atomic mass is 9.97. The number of aliphatic imine (C=N–C) groups is 1. The van der Waals surface area contributed by atoms with Gasteiger partial charge in [-0.15, -0.1) is 35.3 Å². The lowest BCUT2D eigenvalue weighted by molar-refractivity contribution is -0.123. The molecule has 0 radical (unpaired) electrons. The second-order valence-electron chi connectivity index (χ2n) is 8.02. The van der Waals surface area contributed by atoms with Crippen LogP contribution in [0, 0.1) is 5.92 Å². The van der Waals surface area contributed by atoms with Crippen molar-refractivity contribution >= 4 is 47.2 Å². The summed E-state index contributed by atoms with van der Waals surface area (Å²) in [4.78, 5) is 19.6. The zero-order valence-electron chi connectivity index (χ0n) is 18.3. The Morgan fingerprint density at radius 2 is 2.10 bits per heavy atom. The van der Waals surface area contributed by atoms with E-state index in [0.717, 1.165) is 45.0 Å². The summed E-state index contributed by atoms with van der Waals surface area (Å²) in [6, 6.07) is 12.9.